The van der Waals surface area contributed by atoms with Crippen LogP contribution in [0.5, 0.6) is 5.75 Å². The Labute approximate surface area is 125 Å². The molecule has 1 aromatic rings. The maximum atomic E-state index is 11.3. The van der Waals surface area contributed by atoms with Crippen LogP contribution in [0.25, 0.3) is 0 Å². The maximum Gasteiger partial charge on any atom is 0.308 e. The summed E-state index contributed by atoms with van der Waals surface area (Å²) in [5, 5.41) is 19.9. The van der Waals surface area contributed by atoms with Crippen LogP contribution in [0.2, 0.25) is 0 Å². The van der Waals surface area contributed by atoms with Gasteiger partial charge in [0.15, 0.2) is 0 Å². The number of esters is 1. The van der Waals surface area contributed by atoms with Gasteiger partial charge in [-0.15, -0.1) is 0 Å². The molecule has 0 aliphatic carbocycles. The first kappa shape index (κ1) is 17.5. The van der Waals surface area contributed by atoms with Crippen molar-refractivity contribution in [2.45, 2.75) is 51.9 Å². The van der Waals surface area contributed by atoms with Gasteiger partial charge in [-0.1, -0.05) is 12.1 Å². The minimum Gasteiger partial charge on any atom is -0.488 e. The Morgan fingerprint density at radius 3 is 2.24 bits per heavy atom. The van der Waals surface area contributed by atoms with E-state index in [1.54, 1.807) is 31.2 Å². The molecule has 0 radical (unpaired) electrons. The van der Waals surface area contributed by atoms with Crippen LogP contribution in [0, 0.1) is 0 Å². The van der Waals surface area contributed by atoms with E-state index in [9.17, 15) is 15.0 Å². The average molecular weight is 296 g/mol. The first-order chi connectivity index (χ1) is 9.73. The van der Waals surface area contributed by atoms with Crippen LogP contribution >= 0.6 is 0 Å². The third-order valence-electron chi connectivity index (χ3n) is 2.69. The fraction of sp³-hybridized carbons (Fsp3) is 0.562. The number of hydrogen-bond acceptors (Lipinski definition) is 5. The number of carbonyl (C=O) groups is 1. The topological polar surface area (TPSA) is 76.0 Å². The van der Waals surface area contributed by atoms with E-state index in [1.165, 1.54) is 0 Å². The van der Waals surface area contributed by atoms with Crippen molar-refractivity contribution in [3.05, 3.63) is 29.8 Å². The highest BCUT2D eigenvalue weighted by Crippen LogP contribution is 2.24. The van der Waals surface area contributed by atoms with Gasteiger partial charge < -0.3 is 19.7 Å². The van der Waals surface area contributed by atoms with Crippen LogP contribution in [0.15, 0.2) is 24.3 Å². The van der Waals surface area contributed by atoms with E-state index >= 15 is 0 Å². The van der Waals surface area contributed by atoms with E-state index in [4.69, 9.17) is 9.47 Å². The summed E-state index contributed by atoms with van der Waals surface area (Å²) in [6.45, 7) is 7.77. The van der Waals surface area contributed by atoms with E-state index in [1.807, 2.05) is 20.8 Å². The Kier molecular flexibility index (Phi) is 6.18. The fourth-order valence-corrected chi connectivity index (χ4v) is 1.81. The van der Waals surface area contributed by atoms with Gasteiger partial charge in [-0.25, -0.2) is 0 Å². The molecule has 2 unspecified atom stereocenters. The van der Waals surface area contributed by atoms with Crippen molar-refractivity contribution in [1.82, 2.24) is 0 Å². The van der Waals surface area contributed by atoms with Crippen LogP contribution in [0.1, 0.15) is 45.8 Å². The highest BCUT2D eigenvalue weighted by atomic mass is 16.5. The van der Waals surface area contributed by atoms with E-state index in [2.05, 4.69) is 0 Å². The quantitative estimate of drug-likeness (QED) is 0.787. The number of aliphatic hydroxyl groups is 2. The van der Waals surface area contributed by atoms with Gasteiger partial charge in [-0.05, 0) is 45.4 Å². The molecule has 118 valence electrons. The zero-order valence-electron chi connectivity index (χ0n) is 13.0. The number of aliphatic hydroxyl groups excluding tert-OH is 2. The zero-order valence-corrected chi connectivity index (χ0v) is 13.0. The third kappa shape index (κ3) is 6.14. The molecule has 5 nitrogen and oxygen atoms in total. The van der Waals surface area contributed by atoms with Crippen LogP contribution in [0.3, 0.4) is 0 Å². The molecule has 5 heteroatoms. The standard InChI is InChI=1S/C16H24O5/c1-5-20-14(18)10-13(17)15(19)11-6-8-12(9-7-11)21-16(2,3)4/h6-9,13,15,17,19H,5,10H2,1-4H3. The summed E-state index contributed by atoms with van der Waals surface area (Å²) in [5.41, 5.74) is 0.219. The third-order valence-corrected chi connectivity index (χ3v) is 2.69. The first-order valence-corrected chi connectivity index (χ1v) is 7.03. The van der Waals surface area contributed by atoms with Crippen LogP contribution in [-0.2, 0) is 9.53 Å². The first-order valence-electron chi connectivity index (χ1n) is 7.03. The van der Waals surface area contributed by atoms with Crippen molar-refractivity contribution < 1.29 is 24.5 Å². The molecule has 0 aliphatic rings. The molecule has 1 rings (SSSR count). The van der Waals surface area contributed by atoms with Crippen LogP contribution in [-0.4, -0.2) is 34.5 Å². The Morgan fingerprint density at radius 2 is 1.76 bits per heavy atom. The van der Waals surface area contributed by atoms with Gasteiger partial charge in [0.1, 0.15) is 17.5 Å². The Bertz CT molecular complexity index is 447. The smallest absolute Gasteiger partial charge is 0.308 e. The molecule has 21 heavy (non-hydrogen) atoms. The van der Waals surface area contributed by atoms with Gasteiger partial charge in [-0.3, -0.25) is 4.79 Å². The molecule has 1 aromatic carbocycles. The number of hydrogen-bond donors (Lipinski definition) is 2. The van der Waals surface area contributed by atoms with E-state index in [0.29, 0.717) is 11.3 Å². The number of carbonyl (C=O) groups excluding carboxylic acids is 1. The minimum absolute atomic E-state index is 0.241. The molecule has 0 aliphatic heterocycles. The van der Waals surface area contributed by atoms with Crippen LogP contribution in [0.4, 0.5) is 0 Å². The lowest BCUT2D eigenvalue weighted by Crippen LogP contribution is -2.24. The van der Waals surface area contributed by atoms with Crippen molar-refractivity contribution in [3.8, 4) is 5.75 Å². The molecule has 0 amide bonds. The maximum absolute atomic E-state index is 11.3. The van der Waals surface area contributed by atoms with E-state index < -0.39 is 18.2 Å². The van der Waals surface area contributed by atoms with Crippen molar-refractivity contribution in [1.29, 1.82) is 0 Å². The molecule has 0 bridgehead atoms. The van der Waals surface area contributed by atoms with Crippen molar-refractivity contribution >= 4 is 5.97 Å². The molecule has 0 saturated heterocycles. The van der Waals surface area contributed by atoms with Crippen molar-refractivity contribution in [2.24, 2.45) is 0 Å². The van der Waals surface area contributed by atoms with Gasteiger partial charge in [0.2, 0.25) is 0 Å². The molecule has 0 saturated carbocycles. The monoisotopic (exact) mass is 296 g/mol. The molecular formula is C16H24O5. The second-order valence-electron chi connectivity index (χ2n) is 5.80. The van der Waals surface area contributed by atoms with Crippen LogP contribution < -0.4 is 4.74 Å². The highest BCUT2D eigenvalue weighted by Gasteiger charge is 2.22. The van der Waals surface area contributed by atoms with Crippen molar-refractivity contribution in [2.75, 3.05) is 6.61 Å². The lowest BCUT2D eigenvalue weighted by atomic mass is 10.0. The predicted molar refractivity (Wildman–Crippen MR) is 79.0 cm³/mol. The molecule has 0 fully saturated rings. The summed E-state index contributed by atoms with van der Waals surface area (Å²) in [4.78, 5) is 11.3. The molecule has 0 heterocycles. The van der Waals surface area contributed by atoms with Gasteiger partial charge in [-0.2, -0.15) is 0 Å². The summed E-state index contributed by atoms with van der Waals surface area (Å²) in [6, 6.07) is 6.78. The largest absolute Gasteiger partial charge is 0.488 e. The average Bonchev–Trinajstić information content (AvgIpc) is 2.37. The Morgan fingerprint density at radius 1 is 1.19 bits per heavy atom. The normalized spacial score (nSPS) is 14.4. The summed E-state index contributed by atoms with van der Waals surface area (Å²) in [6.07, 6.45) is -2.58. The fourth-order valence-electron chi connectivity index (χ4n) is 1.81. The van der Waals surface area contributed by atoms with Crippen molar-refractivity contribution in [3.63, 3.8) is 0 Å². The van der Waals surface area contributed by atoms with E-state index in [-0.39, 0.29) is 18.6 Å². The Hall–Kier alpha value is -1.59. The molecule has 2 N–H and O–H groups in total. The van der Waals surface area contributed by atoms with Gasteiger partial charge in [0.05, 0.1) is 19.1 Å². The molecule has 0 spiro atoms. The SMILES string of the molecule is CCOC(=O)CC(O)C(O)c1ccc(OC(C)(C)C)cc1. The van der Waals surface area contributed by atoms with E-state index in [0.717, 1.165) is 0 Å². The zero-order chi connectivity index (χ0) is 16.0. The summed E-state index contributed by atoms with van der Waals surface area (Å²) in [5.74, 6) is 0.148. The predicted octanol–water partition coefficient (Wildman–Crippen LogP) is 2.21. The summed E-state index contributed by atoms with van der Waals surface area (Å²) < 4.78 is 10.4. The lowest BCUT2D eigenvalue weighted by molar-refractivity contribution is -0.147. The summed E-state index contributed by atoms with van der Waals surface area (Å²) >= 11 is 0. The second kappa shape index (κ2) is 7.43. The second-order valence-corrected chi connectivity index (χ2v) is 5.80. The van der Waals surface area contributed by atoms with Gasteiger partial charge in [0, 0.05) is 0 Å². The molecule has 0 aromatic heterocycles. The Balaban J connectivity index is 2.66. The number of rotatable bonds is 6. The number of benzene rings is 1. The van der Waals surface area contributed by atoms with Gasteiger partial charge >= 0.3 is 5.97 Å². The van der Waals surface area contributed by atoms with Gasteiger partial charge in [0.25, 0.3) is 0 Å². The highest BCUT2D eigenvalue weighted by molar-refractivity contribution is 5.70. The number of ether oxygens (including phenoxy) is 2. The summed E-state index contributed by atoms with van der Waals surface area (Å²) in [7, 11) is 0. The minimum atomic E-state index is -1.20. The molecule has 2 atom stereocenters. The lowest BCUT2D eigenvalue weighted by Gasteiger charge is -2.22. The molecular weight excluding hydrogens is 272 g/mol.